The summed E-state index contributed by atoms with van der Waals surface area (Å²) in [6.07, 6.45) is -0.743. The number of nitrogens with two attached hydrogens (primary N) is 1. The minimum Gasteiger partial charge on any atom is -0.446 e. The first-order valence-electron chi connectivity index (χ1n) is 7.46. The molecule has 0 radical (unpaired) electrons. The Morgan fingerprint density at radius 3 is 2.80 bits per heavy atom. The van der Waals surface area contributed by atoms with Crippen molar-refractivity contribution in [1.29, 1.82) is 0 Å². The molecule has 0 saturated carbocycles. The number of carbonyl (C=O) groups excluding carboxylic acids is 1. The maximum absolute atomic E-state index is 12.9. The Kier molecular flexibility index (Phi) is 6.49. The monoisotopic (exact) mass is 373 g/mol. The molecule has 1 atom stereocenters. The van der Waals surface area contributed by atoms with Gasteiger partial charge in [-0.05, 0) is 30.1 Å². The van der Waals surface area contributed by atoms with Crippen molar-refractivity contribution >= 4 is 17.7 Å². The Balaban J connectivity index is 2.01. The largest absolute Gasteiger partial charge is 0.446 e. The van der Waals surface area contributed by atoms with Crippen molar-refractivity contribution < 1.29 is 22.4 Å². The zero-order valence-electron chi connectivity index (χ0n) is 13.5. The first-order chi connectivity index (χ1) is 11.8. The van der Waals surface area contributed by atoms with Crippen molar-refractivity contribution in [2.45, 2.75) is 25.2 Å². The lowest BCUT2D eigenvalue weighted by molar-refractivity contribution is -0.138. The maximum Gasteiger partial charge on any atom is 0.416 e. The van der Waals surface area contributed by atoms with Gasteiger partial charge < -0.3 is 15.5 Å². The fourth-order valence-electron chi connectivity index (χ4n) is 2.15. The molecule has 0 aliphatic carbocycles. The number of thioether (sulfide) groups is 1. The molecule has 9 heteroatoms. The van der Waals surface area contributed by atoms with E-state index in [-0.39, 0.29) is 23.7 Å². The minimum absolute atomic E-state index is 0.0147. The number of oxazole rings is 1. The van der Waals surface area contributed by atoms with Crippen LogP contribution in [0.3, 0.4) is 0 Å². The Bertz CT molecular complexity index is 719. The Morgan fingerprint density at radius 1 is 1.40 bits per heavy atom. The lowest BCUT2D eigenvalue weighted by Crippen LogP contribution is -2.25. The van der Waals surface area contributed by atoms with E-state index in [2.05, 4.69) is 10.3 Å². The van der Waals surface area contributed by atoms with Crippen molar-refractivity contribution in [1.82, 2.24) is 10.3 Å². The third kappa shape index (κ3) is 5.23. The summed E-state index contributed by atoms with van der Waals surface area (Å²) in [5.41, 5.74) is 5.08. The summed E-state index contributed by atoms with van der Waals surface area (Å²) >= 11 is 1.63. The van der Waals surface area contributed by atoms with Gasteiger partial charge in [0.1, 0.15) is 6.26 Å². The molecule has 0 spiro atoms. The predicted octanol–water partition coefficient (Wildman–Crippen LogP) is 3.38. The van der Waals surface area contributed by atoms with Crippen molar-refractivity contribution in [2.24, 2.45) is 5.73 Å². The second-order valence-corrected chi connectivity index (χ2v) is 6.28. The SMILES string of the molecule is CSCCC(N)c1nc(C(=O)NCc2ccccc2C(F)(F)F)co1. The van der Waals surface area contributed by atoms with Gasteiger partial charge in [0, 0.05) is 6.54 Å². The minimum atomic E-state index is -4.48. The van der Waals surface area contributed by atoms with Crippen molar-refractivity contribution in [3.05, 3.63) is 53.2 Å². The zero-order valence-corrected chi connectivity index (χ0v) is 14.3. The van der Waals surface area contributed by atoms with Crippen LogP contribution in [0.1, 0.15) is 40.0 Å². The molecule has 25 heavy (non-hydrogen) atoms. The number of carbonyl (C=O) groups is 1. The van der Waals surface area contributed by atoms with Gasteiger partial charge in [-0.2, -0.15) is 24.9 Å². The number of benzene rings is 1. The van der Waals surface area contributed by atoms with E-state index in [1.54, 1.807) is 11.8 Å². The van der Waals surface area contributed by atoms with Gasteiger partial charge in [-0.3, -0.25) is 4.79 Å². The van der Waals surface area contributed by atoms with Gasteiger partial charge in [0.05, 0.1) is 11.6 Å². The molecule has 1 aromatic carbocycles. The Hall–Kier alpha value is -2.00. The van der Waals surface area contributed by atoms with Crippen LogP contribution in [0.25, 0.3) is 0 Å². The van der Waals surface area contributed by atoms with Crippen LogP contribution >= 0.6 is 11.8 Å². The average molecular weight is 373 g/mol. The summed E-state index contributed by atoms with van der Waals surface area (Å²) in [4.78, 5) is 16.1. The molecular formula is C16H18F3N3O2S. The summed E-state index contributed by atoms with van der Waals surface area (Å²) in [6.45, 7) is -0.269. The summed E-state index contributed by atoms with van der Waals surface area (Å²) in [7, 11) is 0. The van der Waals surface area contributed by atoms with Gasteiger partial charge in [-0.15, -0.1) is 0 Å². The van der Waals surface area contributed by atoms with Crippen molar-refractivity contribution in [3.63, 3.8) is 0 Å². The molecule has 5 nitrogen and oxygen atoms in total. The Morgan fingerprint density at radius 2 is 2.12 bits per heavy atom. The average Bonchev–Trinajstić information content (AvgIpc) is 3.07. The van der Waals surface area contributed by atoms with Crippen molar-refractivity contribution in [2.75, 3.05) is 12.0 Å². The van der Waals surface area contributed by atoms with E-state index in [9.17, 15) is 18.0 Å². The predicted molar refractivity (Wildman–Crippen MR) is 89.0 cm³/mol. The smallest absolute Gasteiger partial charge is 0.416 e. The van der Waals surface area contributed by atoms with Crippen LogP contribution in [-0.4, -0.2) is 22.9 Å². The van der Waals surface area contributed by atoms with Crippen LogP contribution in [0.4, 0.5) is 13.2 Å². The summed E-state index contributed by atoms with van der Waals surface area (Å²) in [6, 6.07) is 4.64. The number of halogens is 3. The van der Waals surface area contributed by atoms with E-state index in [1.165, 1.54) is 18.2 Å². The molecule has 136 valence electrons. The van der Waals surface area contributed by atoms with Crippen LogP contribution in [0.2, 0.25) is 0 Å². The molecule has 1 unspecified atom stereocenters. The highest BCUT2D eigenvalue weighted by Gasteiger charge is 2.32. The fraction of sp³-hybridized carbons (Fsp3) is 0.375. The number of nitrogens with zero attached hydrogens (tertiary/aromatic N) is 1. The highest BCUT2D eigenvalue weighted by Crippen LogP contribution is 2.31. The molecule has 0 aliphatic rings. The second-order valence-electron chi connectivity index (χ2n) is 5.30. The van der Waals surface area contributed by atoms with Crippen LogP contribution in [0.15, 0.2) is 34.9 Å². The standard InChI is InChI=1S/C16H18F3N3O2S/c1-25-7-6-12(20)15-22-13(9-24-15)14(23)21-8-10-4-2-3-5-11(10)16(17,18)19/h2-5,9,12H,6-8,20H2,1H3,(H,21,23). The number of amides is 1. The van der Waals surface area contributed by atoms with Gasteiger partial charge in [-0.1, -0.05) is 18.2 Å². The lowest BCUT2D eigenvalue weighted by atomic mass is 10.1. The van der Waals surface area contributed by atoms with Crippen LogP contribution in [-0.2, 0) is 12.7 Å². The maximum atomic E-state index is 12.9. The molecule has 3 N–H and O–H groups in total. The number of alkyl halides is 3. The highest BCUT2D eigenvalue weighted by molar-refractivity contribution is 7.98. The van der Waals surface area contributed by atoms with E-state index in [1.807, 2.05) is 6.26 Å². The summed E-state index contributed by atoms with van der Waals surface area (Å²) in [5.74, 6) is 0.429. The van der Waals surface area contributed by atoms with Gasteiger partial charge in [-0.25, -0.2) is 4.98 Å². The van der Waals surface area contributed by atoms with Crippen molar-refractivity contribution in [3.8, 4) is 0 Å². The molecule has 1 aromatic heterocycles. The van der Waals surface area contributed by atoms with E-state index >= 15 is 0 Å². The highest BCUT2D eigenvalue weighted by atomic mass is 32.2. The molecule has 2 rings (SSSR count). The number of hydrogen-bond donors (Lipinski definition) is 2. The zero-order chi connectivity index (χ0) is 18.4. The topological polar surface area (TPSA) is 81.1 Å². The number of nitrogens with one attached hydrogen (secondary N) is 1. The van der Waals surface area contributed by atoms with Gasteiger partial charge in [0.25, 0.3) is 5.91 Å². The van der Waals surface area contributed by atoms with Crippen LogP contribution in [0, 0.1) is 0 Å². The van der Waals surface area contributed by atoms with Gasteiger partial charge >= 0.3 is 6.18 Å². The molecule has 0 aliphatic heterocycles. The molecule has 0 bridgehead atoms. The molecule has 1 amide bonds. The van der Waals surface area contributed by atoms with Gasteiger partial charge in [0.15, 0.2) is 5.69 Å². The van der Waals surface area contributed by atoms with Crippen LogP contribution in [0.5, 0.6) is 0 Å². The first kappa shape index (κ1) is 19.3. The van der Waals surface area contributed by atoms with Crippen LogP contribution < -0.4 is 11.1 Å². The molecule has 1 heterocycles. The van der Waals surface area contributed by atoms with E-state index in [4.69, 9.17) is 10.2 Å². The third-order valence-electron chi connectivity index (χ3n) is 3.47. The fourth-order valence-corrected chi connectivity index (χ4v) is 2.64. The quantitative estimate of drug-likeness (QED) is 0.778. The first-order valence-corrected chi connectivity index (χ1v) is 8.85. The molecule has 0 saturated heterocycles. The molecule has 0 fully saturated rings. The normalized spacial score (nSPS) is 12.8. The number of hydrogen-bond acceptors (Lipinski definition) is 5. The van der Waals surface area contributed by atoms with E-state index in [0.717, 1.165) is 18.1 Å². The Labute approximate surface area is 147 Å². The lowest BCUT2D eigenvalue weighted by Gasteiger charge is -2.12. The second kappa shape index (κ2) is 8.39. The number of aromatic nitrogens is 1. The van der Waals surface area contributed by atoms with E-state index < -0.39 is 23.7 Å². The third-order valence-corrected chi connectivity index (χ3v) is 4.11. The summed E-state index contributed by atoms with van der Waals surface area (Å²) in [5, 5.41) is 2.42. The summed E-state index contributed by atoms with van der Waals surface area (Å²) < 4.78 is 44.0. The van der Waals surface area contributed by atoms with E-state index in [0.29, 0.717) is 6.42 Å². The molecule has 2 aromatic rings. The molecular weight excluding hydrogens is 355 g/mol. The van der Waals surface area contributed by atoms with Gasteiger partial charge in [0.2, 0.25) is 5.89 Å². The number of rotatable bonds is 7.